The lowest BCUT2D eigenvalue weighted by molar-refractivity contribution is -0.130. The standard InChI is InChI=1S/C19H27FN2O2/c1-19(8-2-3-9-19)18(23)21-14-17(22-10-12-24-13-11-22)15-4-6-16(20)7-5-15/h4-7,17H,2-3,8-14H2,1H3,(H,21,23). The van der Waals surface area contributed by atoms with Gasteiger partial charge in [-0.1, -0.05) is 31.9 Å². The summed E-state index contributed by atoms with van der Waals surface area (Å²) in [6.07, 6.45) is 4.21. The molecule has 0 aromatic heterocycles. The van der Waals surface area contributed by atoms with Crippen molar-refractivity contribution >= 4 is 5.91 Å². The first-order valence-electron chi connectivity index (χ1n) is 8.94. The van der Waals surface area contributed by atoms with Gasteiger partial charge in [0.1, 0.15) is 5.82 Å². The molecule has 0 spiro atoms. The summed E-state index contributed by atoms with van der Waals surface area (Å²) < 4.78 is 18.7. The maximum atomic E-state index is 13.3. The van der Waals surface area contributed by atoms with Crippen LogP contribution in [-0.2, 0) is 9.53 Å². The molecule has 2 fully saturated rings. The summed E-state index contributed by atoms with van der Waals surface area (Å²) in [5, 5.41) is 3.16. The molecular weight excluding hydrogens is 307 g/mol. The molecule has 5 heteroatoms. The van der Waals surface area contributed by atoms with E-state index in [1.54, 1.807) is 0 Å². The van der Waals surface area contributed by atoms with Crippen molar-refractivity contribution in [1.29, 1.82) is 0 Å². The largest absolute Gasteiger partial charge is 0.379 e. The van der Waals surface area contributed by atoms with E-state index in [0.29, 0.717) is 19.8 Å². The van der Waals surface area contributed by atoms with Crippen LogP contribution in [0.2, 0.25) is 0 Å². The first kappa shape index (κ1) is 17.4. The third kappa shape index (κ3) is 3.95. The van der Waals surface area contributed by atoms with Gasteiger partial charge in [-0.05, 0) is 30.5 Å². The zero-order valence-electron chi connectivity index (χ0n) is 14.4. The molecule has 3 rings (SSSR count). The van der Waals surface area contributed by atoms with Gasteiger partial charge in [0, 0.05) is 25.0 Å². The van der Waals surface area contributed by atoms with Crippen molar-refractivity contribution in [2.24, 2.45) is 5.41 Å². The summed E-state index contributed by atoms with van der Waals surface area (Å²) >= 11 is 0. The Morgan fingerprint density at radius 3 is 2.50 bits per heavy atom. The number of benzene rings is 1. The maximum Gasteiger partial charge on any atom is 0.226 e. The Labute approximate surface area is 143 Å². The Bertz CT molecular complexity index is 549. The molecule has 1 unspecified atom stereocenters. The van der Waals surface area contributed by atoms with Gasteiger partial charge in [-0.2, -0.15) is 0 Å². The summed E-state index contributed by atoms with van der Waals surface area (Å²) in [7, 11) is 0. The average Bonchev–Trinajstić information content (AvgIpc) is 3.05. The van der Waals surface area contributed by atoms with E-state index >= 15 is 0 Å². The van der Waals surface area contributed by atoms with Crippen LogP contribution in [0.1, 0.15) is 44.2 Å². The number of hydrogen-bond donors (Lipinski definition) is 1. The second-order valence-corrected chi connectivity index (χ2v) is 7.19. The molecule has 1 N–H and O–H groups in total. The van der Waals surface area contributed by atoms with Crippen LogP contribution in [0, 0.1) is 11.2 Å². The van der Waals surface area contributed by atoms with E-state index in [2.05, 4.69) is 17.1 Å². The maximum absolute atomic E-state index is 13.3. The molecule has 1 saturated heterocycles. The summed E-state index contributed by atoms with van der Waals surface area (Å²) in [5.74, 6) is -0.0812. The van der Waals surface area contributed by atoms with Crippen LogP contribution in [0.4, 0.5) is 4.39 Å². The van der Waals surface area contributed by atoms with Gasteiger partial charge in [-0.15, -0.1) is 0 Å². The van der Waals surface area contributed by atoms with Crippen LogP contribution in [0.15, 0.2) is 24.3 Å². The number of carbonyl (C=O) groups excluding carboxylic acids is 1. The fourth-order valence-electron chi connectivity index (χ4n) is 3.82. The molecule has 1 amide bonds. The molecule has 1 heterocycles. The van der Waals surface area contributed by atoms with Crippen molar-refractivity contribution in [2.45, 2.75) is 38.6 Å². The van der Waals surface area contributed by atoms with Crippen LogP contribution >= 0.6 is 0 Å². The average molecular weight is 334 g/mol. The molecule has 1 atom stereocenters. The van der Waals surface area contributed by atoms with E-state index in [1.165, 1.54) is 12.1 Å². The molecule has 1 aliphatic heterocycles. The molecule has 0 radical (unpaired) electrons. The van der Waals surface area contributed by atoms with Gasteiger partial charge >= 0.3 is 0 Å². The van der Waals surface area contributed by atoms with Crippen molar-refractivity contribution in [3.8, 4) is 0 Å². The molecule has 1 aromatic rings. The van der Waals surface area contributed by atoms with Gasteiger partial charge in [0.15, 0.2) is 0 Å². The molecule has 1 aromatic carbocycles. The highest BCUT2D eigenvalue weighted by molar-refractivity contribution is 5.82. The number of ether oxygens (including phenoxy) is 1. The van der Waals surface area contributed by atoms with Crippen molar-refractivity contribution in [1.82, 2.24) is 10.2 Å². The highest BCUT2D eigenvalue weighted by atomic mass is 19.1. The molecule has 132 valence electrons. The van der Waals surface area contributed by atoms with E-state index < -0.39 is 0 Å². The monoisotopic (exact) mass is 334 g/mol. The van der Waals surface area contributed by atoms with E-state index in [1.807, 2.05) is 12.1 Å². The Kier molecular flexibility index (Phi) is 5.51. The van der Waals surface area contributed by atoms with E-state index in [0.717, 1.165) is 44.3 Å². The Morgan fingerprint density at radius 1 is 1.25 bits per heavy atom. The number of rotatable bonds is 5. The van der Waals surface area contributed by atoms with Gasteiger partial charge < -0.3 is 10.1 Å². The smallest absolute Gasteiger partial charge is 0.226 e. The lowest BCUT2D eigenvalue weighted by atomic mass is 9.87. The molecule has 4 nitrogen and oxygen atoms in total. The van der Waals surface area contributed by atoms with Crippen LogP contribution < -0.4 is 5.32 Å². The number of carbonyl (C=O) groups is 1. The van der Waals surface area contributed by atoms with Crippen molar-refractivity contribution < 1.29 is 13.9 Å². The lowest BCUT2D eigenvalue weighted by Crippen LogP contribution is -2.46. The van der Waals surface area contributed by atoms with Gasteiger partial charge in [-0.3, -0.25) is 9.69 Å². The van der Waals surface area contributed by atoms with Gasteiger partial charge in [0.2, 0.25) is 5.91 Å². The van der Waals surface area contributed by atoms with E-state index in [-0.39, 0.29) is 23.2 Å². The zero-order valence-corrected chi connectivity index (χ0v) is 14.4. The third-order valence-electron chi connectivity index (χ3n) is 5.45. The predicted molar refractivity (Wildman–Crippen MR) is 91.1 cm³/mol. The van der Waals surface area contributed by atoms with E-state index in [4.69, 9.17) is 4.74 Å². The Morgan fingerprint density at radius 2 is 1.88 bits per heavy atom. The topological polar surface area (TPSA) is 41.6 Å². The molecule has 0 bridgehead atoms. The predicted octanol–water partition coefficient (Wildman–Crippen LogP) is 2.90. The minimum absolute atomic E-state index is 0.0588. The fraction of sp³-hybridized carbons (Fsp3) is 0.632. The number of hydrogen-bond acceptors (Lipinski definition) is 3. The number of halogens is 1. The number of amides is 1. The van der Waals surface area contributed by atoms with Gasteiger partial charge in [-0.25, -0.2) is 4.39 Å². The molecule has 1 saturated carbocycles. The number of nitrogens with zero attached hydrogens (tertiary/aromatic N) is 1. The van der Waals surface area contributed by atoms with Crippen molar-refractivity contribution in [3.05, 3.63) is 35.6 Å². The van der Waals surface area contributed by atoms with Crippen molar-refractivity contribution in [3.63, 3.8) is 0 Å². The van der Waals surface area contributed by atoms with Crippen LogP contribution in [0.3, 0.4) is 0 Å². The molecule has 24 heavy (non-hydrogen) atoms. The Balaban J connectivity index is 1.69. The molecular formula is C19H27FN2O2. The molecule has 1 aliphatic carbocycles. The third-order valence-corrected chi connectivity index (χ3v) is 5.45. The first-order valence-corrected chi connectivity index (χ1v) is 8.94. The first-order chi connectivity index (χ1) is 11.6. The number of morpholine rings is 1. The van der Waals surface area contributed by atoms with Crippen LogP contribution in [0.25, 0.3) is 0 Å². The second kappa shape index (κ2) is 7.62. The highest BCUT2D eigenvalue weighted by Crippen LogP contribution is 2.37. The normalized spacial score (nSPS) is 22.2. The summed E-state index contributed by atoms with van der Waals surface area (Å²) in [5.41, 5.74) is 0.813. The van der Waals surface area contributed by atoms with Crippen LogP contribution in [-0.4, -0.2) is 43.7 Å². The lowest BCUT2D eigenvalue weighted by Gasteiger charge is -2.35. The SMILES string of the molecule is CC1(C(=O)NCC(c2ccc(F)cc2)N2CCOCC2)CCCC1. The highest BCUT2D eigenvalue weighted by Gasteiger charge is 2.36. The van der Waals surface area contributed by atoms with E-state index in [9.17, 15) is 9.18 Å². The van der Waals surface area contributed by atoms with Gasteiger partial charge in [0.05, 0.1) is 19.3 Å². The zero-order chi connectivity index (χ0) is 17.0. The number of nitrogens with one attached hydrogen (secondary N) is 1. The minimum atomic E-state index is -0.234. The quantitative estimate of drug-likeness (QED) is 0.900. The fourth-order valence-corrected chi connectivity index (χ4v) is 3.82. The molecule has 2 aliphatic rings. The Hall–Kier alpha value is -1.46. The second-order valence-electron chi connectivity index (χ2n) is 7.19. The summed E-state index contributed by atoms with van der Waals surface area (Å²) in [4.78, 5) is 14.9. The van der Waals surface area contributed by atoms with Crippen molar-refractivity contribution in [2.75, 3.05) is 32.8 Å². The summed E-state index contributed by atoms with van der Waals surface area (Å²) in [6.45, 7) is 5.67. The van der Waals surface area contributed by atoms with Crippen LogP contribution in [0.5, 0.6) is 0 Å². The minimum Gasteiger partial charge on any atom is -0.379 e. The van der Waals surface area contributed by atoms with Gasteiger partial charge in [0.25, 0.3) is 0 Å². The summed E-state index contributed by atoms with van der Waals surface area (Å²) in [6, 6.07) is 6.67.